The number of methoxy groups -OCH3 is 1. The third-order valence-corrected chi connectivity index (χ3v) is 5.08. The normalized spacial score (nSPS) is 22.8. The van der Waals surface area contributed by atoms with Crippen molar-refractivity contribution in [3.63, 3.8) is 0 Å². The molecule has 5 nitrogen and oxygen atoms in total. The summed E-state index contributed by atoms with van der Waals surface area (Å²) in [5, 5.41) is 0.641. The number of halogens is 1. The van der Waals surface area contributed by atoms with Gasteiger partial charge in [0.15, 0.2) is 0 Å². The molecule has 2 aromatic carbocycles. The Balaban J connectivity index is 1.98. The number of rotatable bonds is 4. The van der Waals surface area contributed by atoms with Crippen LogP contribution in [0.4, 0.5) is 0 Å². The van der Waals surface area contributed by atoms with Gasteiger partial charge in [0.2, 0.25) is 0 Å². The van der Waals surface area contributed by atoms with Crippen LogP contribution in [0, 0.1) is 0 Å². The van der Waals surface area contributed by atoms with E-state index in [-0.39, 0.29) is 6.61 Å². The van der Waals surface area contributed by atoms with E-state index in [2.05, 4.69) is 4.72 Å². The van der Waals surface area contributed by atoms with Crippen molar-refractivity contribution >= 4 is 28.0 Å². The molecule has 24 heavy (non-hydrogen) atoms. The smallest absolute Gasteiger partial charge is 0.337 e. The van der Waals surface area contributed by atoms with Crippen LogP contribution >= 0.6 is 11.6 Å². The molecule has 0 amide bonds. The third-order valence-electron chi connectivity index (χ3n) is 3.78. The average molecular weight is 366 g/mol. The van der Waals surface area contributed by atoms with Gasteiger partial charge in [0.25, 0.3) is 0 Å². The van der Waals surface area contributed by atoms with Crippen molar-refractivity contribution in [3.05, 3.63) is 70.8 Å². The minimum Gasteiger partial charge on any atom is -0.497 e. The molecule has 0 saturated carbocycles. The Morgan fingerprint density at radius 1 is 1.17 bits per heavy atom. The number of hydrogen-bond acceptors (Lipinski definition) is 4. The first-order valence-corrected chi connectivity index (χ1v) is 8.99. The summed E-state index contributed by atoms with van der Waals surface area (Å²) in [7, 11) is -2.21. The van der Waals surface area contributed by atoms with Gasteiger partial charge < -0.3 is 4.74 Å². The van der Waals surface area contributed by atoms with Crippen LogP contribution in [-0.2, 0) is 20.0 Å². The maximum absolute atomic E-state index is 11.8. The van der Waals surface area contributed by atoms with E-state index in [9.17, 15) is 8.42 Å². The molecule has 1 N–H and O–H groups in total. The summed E-state index contributed by atoms with van der Waals surface area (Å²) in [5.74, 6) is 0.692. The zero-order chi connectivity index (χ0) is 17.2. The molecule has 1 heterocycles. The molecule has 0 aromatic heterocycles. The number of hydrogen-bond donors (Lipinski definition) is 1. The van der Waals surface area contributed by atoms with Gasteiger partial charge in [-0.25, -0.2) is 0 Å². The third kappa shape index (κ3) is 3.62. The van der Waals surface area contributed by atoms with Crippen molar-refractivity contribution in [1.82, 2.24) is 4.72 Å². The Labute approximate surface area is 146 Å². The van der Waals surface area contributed by atoms with E-state index in [1.54, 1.807) is 37.5 Å². The monoisotopic (exact) mass is 365 g/mol. The van der Waals surface area contributed by atoms with Gasteiger partial charge in [0, 0.05) is 5.02 Å². The Morgan fingerprint density at radius 2 is 1.83 bits per heavy atom. The summed E-state index contributed by atoms with van der Waals surface area (Å²) in [5.41, 5.74) is 0.693. The number of ether oxygens (including phenoxy) is 1. The van der Waals surface area contributed by atoms with Crippen LogP contribution in [0.15, 0.2) is 54.6 Å². The summed E-state index contributed by atoms with van der Waals surface area (Å²) < 4.78 is 36.2. The van der Waals surface area contributed by atoms with Gasteiger partial charge in [-0.1, -0.05) is 48.0 Å². The molecule has 2 aromatic rings. The Kier molecular flexibility index (Phi) is 4.64. The van der Waals surface area contributed by atoms with E-state index in [1.807, 2.05) is 30.3 Å². The van der Waals surface area contributed by atoms with E-state index < -0.39 is 15.8 Å². The van der Waals surface area contributed by atoms with Crippen LogP contribution in [0.5, 0.6) is 5.75 Å². The van der Waals surface area contributed by atoms with Gasteiger partial charge in [-0.3, -0.25) is 4.18 Å². The number of benzene rings is 2. The summed E-state index contributed by atoms with van der Waals surface area (Å²) in [6.07, 6.45) is 3.61. The van der Waals surface area contributed by atoms with Crippen molar-refractivity contribution in [2.45, 2.75) is 5.54 Å². The number of nitrogens with one attached hydrogen (secondary N) is 1. The highest BCUT2D eigenvalue weighted by molar-refractivity contribution is 7.85. The second-order valence-electron chi connectivity index (χ2n) is 5.40. The minimum atomic E-state index is -3.78. The van der Waals surface area contributed by atoms with Crippen molar-refractivity contribution in [1.29, 1.82) is 0 Å². The van der Waals surface area contributed by atoms with E-state index in [1.165, 1.54) is 0 Å². The highest BCUT2D eigenvalue weighted by Gasteiger charge is 2.42. The summed E-state index contributed by atoms with van der Waals surface area (Å²) in [6, 6.07) is 14.4. The highest BCUT2D eigenvalue weighted by atomic mass is 35.5. The molecule has 1 atom stereocenters. The standard InChI is InChI=1S/C17H16ClNO4S/c1-22-16-8-4-14(5-9-16)17(12-23-24(20,21)19-17)11-10-13-2-6-15(18)7-3-13/h2-11,19H,12H2,1H3/b11-10+/t17-/m0/s1. The van der Waals surface area contributed by atoms with Crippen molar-refractivity contribution < 1.29 is 17.3 Å². The lowest BCUT2D eigenvalue weighted by Gasteiger charge is -2.23. The van der Waals surface area contributed by atoms with Gasteiger partial charge in [-0.2, -0.15) is 13.1 Å². The second kappa shape index (κ2) is 6.57. The fourth-order valence-corrected chi connectivity index (χ4v) is 3.69. The Bertz CT molecular complexity index is 847. The molecule has 1 aliphatic rings. The molecule has 0 spiro atoms. The molecule has 0 bridgehead atoms. The van der Waals surface area contributed by atoms with E-state index in [0.29, 0.717) is 10.8 Å². The van der Waals surface area contributed by atoms with Crippen LogP contribution in [0.3, 0.4) is 0 Å². The van der Waals surface area contributed by atoms with Crippen LogP contribution in [0.2, 0.25) is 5.02 Å². The summed E-state index contributed by atoms with van der Waals surface area (Å²) >= 11 is 5.88. The lowest BCUT2D eigenvalue weighted by molar-refractivity contribution is 0.306. The molecule has 1 aliphatic heterocycles. The van der Waals surface area contributed by atoms with Crippen molar-refractivity contribution in [3.8, 4) is 5.75 Å². The van der Waals surface area contributed by atoms with Crippen LogP contribution in [0.1, 0.15) is 11.1 Å². The maximum atomic E-state index is 11.8. The molecule has 3 rings (SSSR count). The maximum Gasteiger partial charge on any atom is 0.337 e. The molecule has 0 aliphatic carbocycles. The van der Waals surface area contributed by atoms with Crippen LogP contribution < -0.4 is 9.46 Å². The first-order chi connectivity index (χ1) is 11.4. The van der Waals surface area contributed by atoms with Crippen LogP contribution in [0.25, 0.3) is 6.08 Å². The molecule has 1 fully saturated rings. The molecule has 0 unspecified atom stereocenters. The summed E-state index contributed by atoms with van der Waals surface area (Å²) in [4.78, 5) is 0. The van der Waals surface area contributed by atoms with E-state index >= 15 is 0 Å². The lowest BCUT2D eigenvalue weighted by Crippen LogP contribution is -2.38. The van der Waals surface area contributed by atoms with Gasteiger partial charge >= 0.3 is 10.3 Å². The minimum absolute atomic E-state index is 0.0221. The fraction of sp³-hybridized carbons (Fsp3) is 0.176. The predicted molar refractivity (Wildman–Crippen MR) is 93.2 cm³/mol. The van der Waals surface area contributed by atoms with Crippen molar-refractivity contribution in [2.24, 2.45) is 0 Å². The lowest BCUT2D eigenvalue weighted by atomic mass is 9.90. The van der Waals surface area contributed by atoms with Crippen LogP contribution in [-0.4, -0.2) is 22.1 Å². The van der Waals surface area contributed by atoms with Gasteiger partial charge in [-0.15, -0.1) is 0 Å². The Hall–Kier alpha value is -1.86. The first-order valence-electron chi connectivity index (χ1n) is 7.20. The predicted octanol–water partition coefficient (Wildman–Crippen LogP) is 3.12. The van der Waals surface area contributed by atoms with E-state index in [4.69, 9.17) is 20.5 Å². The summed E-state index contributed by atoms with van der Waals surface area (Å²) in [6.45, 7) is -0.0221. The van der Waals surface area contributed by atoms with Gasteiger partial charge in [-0.05, 0) is 35.4 Å². The SMILES string of the molecule is COc1ccc([C@]2(/C=C/c3ccc(Cl)cc3)COS(=O)(=O)N2)cc1. The topological polar surface area (TPSA) is 64.6 Å². The zero-order valence-corrected chi connectivity index (χ0v) is 14.5. The molecule has 1 saturated heterocycles. The highest BCUT2D eigenvalue weighted by Crippen LogP contribution is 2.32. The van der Waals surface area contributed by atoms with Crippen molar-refractivity contribution in [2.75, 3.05) is 13.7 Å². The Morgan fingerprint density at radius 3 is 2.38 bits per heavy atom. The fourth-order valence-electron chi connectivity index (χ4n) is 2.47. The van der Waals surface area contributed by atoms with E-state index in [0.717, 1.165) is 11.1 Å². The second-order valence-corrected chi connectivity index (χ2v) is 7.19. The molecular formula is C17H16ClNO4S. The van der Waals surface area contributed by atoms with Gasteiger partial charge in [0.1, 0.15) is 11.3 Å². The zero-order valence-electron chi connectivity index (χ0n) is 12.9. The molecular weight excluding hydrogens is 350 g/mol. The molecule has 7 heteroatoms. The molecule has 126 valence electrons. The first kappa shape index (κ1) is 17.0. The quantitative estimate of drug-likeness (QED) is 0.904. The average Bonchev–Trinajstić information content (AvgIpc) is 2.91. The largest absolute Gasteiger partial charge is 0.497 e. The van der Waals surface area contributed by atoms with Gasteiger partial charge in [0.05, 0.1) is 13.7 Å². The molecule has 0 radical (unpaired) electrons.